The molecule has 0 radical (unpaired) electrons. The fourth-order valence-electron chi connectivity index (χ4n) is 2.35. The van der Waals surface area contributed by atoms with Crippen molar-refractivity contribution in [1.29, 1.82) is 0 Å². The fraction of sp³-hybridized carbons (Fsp3) is 0.583. The summed E-state index contributed by atoms with van der Waals surface area (Å²) < 4.78 is 24.1. The number of amides is 2. The maximum absolute atomic E-state index is 12.4. The van der Waals surface area contributed by atoms with E-state index in [1.807, 2.05) is 0 Å². The molecule has 9 nitrogen and oxygen atoms in total. The van der Waals surface area contributed by atoms with E-state index < -0.39 is 33.6 Å². The molecule has 1 aliphatic rings. The molecule has 0 saturated carbocycles. The first kappa shape index (κ1) is 16.3. The Morgan fingerprint density at radius 3 is 2.45 bits per heavy atom. The highest BCUT2D eigenvalue weighted by Gasteiger charge is 2.43. The van der Waals surface area contributed by atoms with E-state index in [4.69, 9.17) is 0 Å². The molecule has 10 heteroatoms. The van der Waals surface area contributed by atoms with Crippen LogP contribution in [0.25, 0.3) is 0 Å². The van der Waals surface area contributed by atoms with Crippen molar-refractivity contribution in [2.45, 2.75) is 38.9 Å². The first-order valence-corrected chi connectivity index (χ1v) is 8.35. The summed E-state index contributed by atoms with van der Waals surface area (Å²) in [6, 6.07) is -1.11. The van der Waals surface area contributed by atoms with Crippen LogP contribution in [-0.4, -0.2) is 51.4 Å². The highest BCUT2D eigenvalue weighted by Crippen LogP contribution is 2.34. The maximum atomic E-state index is 12.4. The van der Waals surface area contributed by atoms with Gasteiger partial charge in [0, 0.05) is 11.1 Å². The molecule has 0 saturated heterocycles. The zero-order valence-electron chi connectivity index (χ0n) is 12.7. The van der Waals surface area contributed by atoms with E-state index in [-0.39, 0.29) is 17.8 Å². The lowest BCUT2D eigenvalue weighted by atomic mass is 10.1. The van der Waals surface area contributed by atoms with Crippen LogP contribution >= 0.6 is 0 Å². The first-order valence-electron chi connectivity index (χ1n) is 6.51. The molecule has 1 aromatic heterocycles. The second-order valence-electron chi connectivity index (χ2n) is 6.20. The third-order valence-corrected chi connectivity index (χ3v) is 4.04. The number of aromatic nitrogens is 2. The van der Waals surface area contributed by atoms with Crippen molar-refractivity contribution in [3.8, 4) is 0 Å². The van der Waals surface area contributed by atoms with Gasteiger partial charge in [-0.1, -0.05) is 0 Å². The molecule has 22 heavy (non-hydrogen) atoms. The average Bonchev–Trinajstić information content (AvgIpc) is 2.80. The number of rotatable bonds is 2. The molecule has 0 fully saturated rings. The number of fused-ring (bicyclic) bond motifs is 1. The van der Waals surface area contributed by atoms with E-state index >= 15 is 0 Å². The van der Waals surface area contributed by atoms with Crippen LogP contribution in [0.15, 0.2) is 6.20 Å². The van der Waals surface area contributed by atoms with Crippen LogP contribution in [-0.2, 0) is 21.4 Å². The van der Waals surface area contributed by atoms with Crippen LogP contribution < -0.4 is 5.32 Å². The predicted octanol–water partition coefficient (Wildman–Crippen LogP) is 0.140. The number of nitrogens with one attached hydrogen (secondary N) is 1. The number of hydrogen-bond donors (Lipinski definition) is 2. The Labute approximate surface area is 128 Å². The van der Waals surface area contributed by atoms with Gasteiger partial charge in [0.15, 0.2) is 0 Å². The van der Waals surface area contributed by atoms with Gasteiger partial charge in [-0.2, -0.15) is 9.19 Å². The summed E-state index contributed by atoms with van der Waals surface area (Å²) in [4.78, 5) is 24.7. The average molecular weight is 330 g/mol. The van der Waals surface area contributed by atoms with Crippen molar-refractivity contribution in [2.75, 3.05) is 6.26 Å². The van der Waals surface area contributed by atoms with E-state index in [9.17, 15) is 23.1 Å². The van der Waals surface area contributed by atoms with Gasteiger partial charge in [-0.3, -0.25) is 9.69 Å². The van der Waals surface area contributed by atoms with Crippen molar-refractivity contribution in [3.05, 3.63) is 17.5 Å². The maximum Gasteiger partial charge on any atom is 0.408 e. The van der Waals surface area contributed by atoms with Gasteiger partial charge in [-0.15, -0.1) is 0 Å². The number of nitrogens with zero attached hydrogens (tertiary/aromatic N) is 3. The van der Waals surface area contributed by atoms with Crippen molar-refractivity contribution in [3.63, 3.8) is 0 Å². The second-order valence-corrected chi connectivity index (χ2v) is 8.02. The summed E-state index contributed by atoms with van der Waals surface area (Å²) in [6.07, 6.45) is 0.894. The van der Waals surface area contributed by atoms with Gasteiger partial charge in [0.1, 0.15) is 6.04 Å². The van der Waals surface area contributed by atoms with E-state index in [1.54, 1.807) is 20.8 Å². The Morgan fingerprint density at radius 2 is 2.00 bits per heavy atom. The number of carbonyl (C=O) groups excluding carboxylic acids is 1. The minimum atomic E-state index is -3.66. The summed E-state index contributed by atoms with van der Waals surface area (Å²) >= 11 is 0. The SMILES string of the molecule is CC(C)(C)NC(=O)C1c2cnn(S(C)(=O)=O)c2CN1C(=O)O. The predicted molar refractivity (Wildman–Crippen MR) is 76.7 cm³/mol. The number of carboxylic acid groups (broad SMARTS) is 1. The van der Waals surface area contributed by atoms with Crippen LogP contribution in [0, 0.1) is 0 Å². The van der Waals surface area contributed by atoms with Crippen molar-refractivity contribution < 1.29 is 23.1 Å². The normalized spacial score (nSPS) is 18.2. The molecule has 0 bridgehead atoms. The van der Waals surface area contributed by atoms with Crippen LogP contribution in [0.5, 0.6) is 0 Å². The first-order chi connectivity index (χ1) is 9.92. The fourth-order valence-corrected chi connectivity index (χ4v) is 3.14. The molecule has 1 aliphatic heterocycles. The molecule has 1 atom stereocenters. The van der Waals surface area contributed by atoms with Gasteiger partial charge in [0.05, 0.1) is 24.7 Å². The lowest BCUT2D eigenvalue weighted by Gasteiger charge is -2.26. The smallest absolute Gasteiger partial charge is 0.408 e. The zero-order valence-corrected chi connectivity index (χ0v) is 13.5. The van der Waals surface area contributed by atoms with E-state index in [2.05, 4.69) is 10.4 Å². The summed E-state index contributed by atoms with van der Waals surface area (Å²) in [6.45, 7) is 5.10. The van der Waals surface area contributed by atoms with Crippen LogP contribution in [0.4, 0.5) is 4.79 Å². The summed E-state index contributed by atoms with van der Waals surface area (Å²) in [5, 5.41) is 15.7. The molecule has 2 heterocycles. The molecule has 122 valence electrons. The van der Waals surface area contributed by atoms with Gasteiger partial charge in [0.25, 0.3) is 10.0 Å². The van der Waals surface area contributed by atoms with Gasteiger partial charge in [-0.05, 0) is 20.8 Å². The molecule has 0 aliphatic carbocycles. The Bertz CT molecular complexity index is 731. The molecule has 2 amide bonds. The Kier molecular flexibility index (Phi) is 3.68. The van der Waals surface area contributed by atoms with Gasteiger partial charge in [-0.25, -0.2) is 13.2 Å². The zero-order chi connectivity index (χ0) is 16.9. The van der Waals surface area contributed by atoms with E-state index in [0.29, 0.717) is 0 Å². The molecule has 2 N–H and O–H groups in total. The molecule has 1 unspecified atom stereocenters. The second kappa shape index (κ2) is 4.97. The lowest BCUT2D eigenvalue weighted by Crippen LogP contribution is -2.47. The van der Waals surface area contributed by atoms with Crippen molar-refractivity contribution in [2.24, 2.45) is 0 Å². The molecule has 0 spiro atoms. The van der Waals surface area contributed by atoms with Crippen molar-refractivity contribution in [1.82, 2.24) is 19.4 Å². The van der Waals surface area contributed by atoms with E-state index in [0.717, 1.165) is 15.2 Å². The van der Waals surface area contributed by atoms with Gasteiger partial charge in [0.2, 0.25) is 5.91 Å². The van der Waals surface area contributed by atoms with Gasteiger partial charge < -0.3 is 10.4 Å². The number of carbonyl (C=O) groups is 2. The van der Waals surface area contributed by atoms with Crippen molar-refractivity contribution >= 4 is 22.0 Å². The third kappa shape index (κ3) is 2.91. The summed E-state index contributed by atoms with van der Waals surface area (Å²) in [7, 11) is -3.66. The molecular formula is C12H18N4O5S. The topological polar surface area (TPSA) is 122 Å². The summed E-state index contributed by atoms with van der Waals surface area (Å²) in [5.41, 5.74) is -0.0647. The standard InChI is InChI=1S/C12H18N4O5S/c1-12(2,3)14-10(17)9-7-5-13-16(22(4,20)21)8(7)6-15(9)11(18)19/h5,9H,6H2,1-4H3,(H,14,17)(H,18,19). The van der Waals surface area contributed by atoms with E-state index in [1.165, 1.54) is 6.20 Å². The molecule has 0 aromatic carbocycles. The van der Waals surface area contributed by atoms with Crippen LogP contribution in [0.1, 0.15) is 38.1 Å². The Balaban J connectivity index is 2.47. The largest absolute Gasteiger partial charge is 0.465 e. The number of hydrogen-bond acceptors (Lipinski definition) is 5. The van der Waals surface area contributed by atoms with Crippen LogP contribution in [0.3, 0.4) is 0 Å². The Hall–Kier alpha value is -2.10. The minimum absolute atomic E-state index is 0.193. The molecular weight excluding hydrogens is 312 g/mol. The highest BCUT2D eigenvalue weighted by molar-refractivity contribution is 7.89. The Morgan fingerprint density at radius 1 is 1.41 bits per heavy atom. The van der Waals surface area contributed by atoms with Crippen LogP contribution in [0.2, 0.25) is 0 Å². The highest BCUT2D eigenvalue weighted by atomic mass is 32.2. The monoisotopic (exact) mass is 330 g/mol. The minimum Gasteiger partial charge on any atom is -0.465 e. The molecule has 2 rings (SSSR count). The third-order valence-electron chi connectivity index (χ3n) is 3.10. The molecule has 1 aromatic rings. The lowest BCUT2D eigenvalue weighted by molar-refractivity contribution is -0.127. The van der Waals surface area contributed by atoms with Gasteiger partial charge >= 0.3 is 6.09 Å². The summed E-state index contributed by atoms with van der Waals surface area (Å²) in [5.74, 6) is -0.512. The quantitative estimate of drug-likeness (QED) is 0.795.